The molecule has 4 aromatic rings. The molecule has 1 aromatic heterocycles. The van der Waals surface area contributed by atoms with E-state index in [1.165, 1.54) is 12.1 Å². The summed E-state index contributed by atoms with van der Waals surface area (Å²) in [5.74, 6) is 0.800. The van der Waals surface area contributed by atoms with Crippen LogP contribution in [0.1, 0.15) is 21.6 Å². The van der Waals surface area contributed by atoms with E-state index in [4.69, 9.17) is 16.3 Å². The molecule has 3 aromatic carbocycles. The van der Waals surface area contributed by atoms with Crippen molar-refractivity contribution in [1.82, 2.24) is 15.1 Å². The van der Waals surface area contributed by atoms with Gasteiger partial charge in [0.1, 0.15) is 28.7 Å². The molecule has 0 spiro atoms. The lowest BCUT2D eigenvalue weighted by molar-refractivity contribution is 0.0734. The van der Waals surface area contributed by atoms with Gasteiger partial charge in [0.15, 0.2) is 0 Å². The van der Waals surface area contributed by atoms with E-state index >= 15 is 0 Å². The minimum absolute atomic E-state index is 0.110. The Hall–Kier alpha value is -3.97. The third-order valence-electron chi connectivity index (χ3n) is 5.60. The Bertz CT molecular complexity index is 1340. The van der Waals surface area contributed by atoms with Gasteiger partial charge in [0.25, 0.3) is 5.91 Å². The average molecular weight is 462 g/mol. The molecule has 166 valence electrons. The van der Waals surface area contributed by atoms with E-state index in [1.54, 1.807) is 23.1 Å². The third kappa shape index (κ3) is 4.10. The number of aromatic amines is 1. The molecule has 2 heterocycles. The van der Waals surface area contributed by atoms with Gasteiger partial charge in [0.05, 0.1) is 5.02 Å². The van der Waals surface area contributed by atoms with Crippen LogP contribution in [0.5, 0.6) is 23.0 Å². The highest BCUT2D eigenvalue weighted by atomic mass is 35.5. The summed E-state index contributed by atoms with van der Waals surface area (Å²) >= 11 is 6.04. The molecule has 8 heteroatoms. The zero-order chi connectivity index (χ0) is 22.9. The summed E-state index contributed by atoms with van der Waals surface area (Å²) in [5.41, 5.74) is 3.13. The highest BCUT2D eigenvalue weighted by Crippen LogP contribution is 2.39. The van der Waals surface area contributed by atoms with Crippen molar-refractivity contribution in [2.45, 2.75) is 13.0 Å². The van der Waals surface area contributed by atoms with Crippen LogP contribution >= 0.6 is 11.6 Å². The molecule has 5 rings (SSSR count). The summed E-state index contributed by atoms with van der Waals surface area (Å²) in [6.45, 7) is 0.848. The van der Waals surface area contributed by atoms with Crippen molar-refractivity contribution in [1.29, 1.82) is 0 Å². The smallest absolute Gasteiger partial charge is 0.254 e. The molecule has 1 aliphatic rings. The Morgan fingerprint density at radius 2 is 1.79 bits per heavy atom. The first-order valence-electron chi connectivity index (χ1n) is 10.4. The number of H-pyrrole nitrogens is 1. The minimum atomic E-state index is -0.211. The van der Waals surface area contributed by atoms with Crippen molar-refractivity contribution >= 4 is 17.5 Å². The number of fused-ring (bicyclic) bond motifs is 1. The lowest BCUT2D eigenvalue weighted by atomic mass is 9.99. The number of rotatable bonds is 4. The number of hydrogen-bond acceptors (Lipinski definition) is 5. The summed E-state index contributed by atoms with van der Waals surface area (Å²) in [7, 11) is 0. The zero-order valence-electron chi connectivity index (χ0n) is 17.5. The van der Waals surface area contributed by atoms with E-state index in [0.29, 0.717) is 47.8 Å². The number of carbonyl (C=O) groups excluding carboxylic acids is 1. The van der Waals surface area contributed by atoms with Crippen molar-refractivity contribution in [3.05, 3.63) is 88.6 Å². The minimum Gasteiger partial charge on any atom is -0.507 e. The Morgan fingerprint density at radius 3 is 2.61 bits per heavy atom. The number of benzene rings is 3. The molecule has 3 N–H and O–H groups in total. The number of aromatic hydroxyl groups is 2. The van der Waals surface area contributed by atoms with E-state index < -0.39 is 0 Å². The second-order valence-electron chi connectivity index (χ2n) is 7.77. The van der Waals surface area contributed by atoms with Crippen LogP contribution in [-0.4, -0.2) is 37.8 Å². The second kappa shape index (κ2) is 8.52. The Morgan fingerprint density at radius 1 is 1.00 bits per heavy atom. The first kappa shape index (κ1) is 20.9. The number of para-hydroxylation sites is 1. The van der Waals surface area contributed by atoms with Gasteiger partial charge in [-0.3, -0.25) is 9.89 Å². The van der Waals surface area contributed by atoms with Gasteiger partial charge < -0.3 is 19.8 Å². The molecule has 1 aliphatic heterocycles. The first-order valence-corrected chi connectivity index (χ1v) is 10.8. The van der Waals surface area contributed by atoms with Crippen molar-refractivity contribution in [2.24, 2.45) is 0 Å². The number of aromatic nitrogens is 2. The maximum Gasteiger partial charge on any atom is 0.254 e. The lowest BCUT2D eigenvalue weighted by Gasteiger charge is -2.27. The number of amides is 1. The largest absolute Gasteiger partial charge is 0.507 e. The number of carbonyl (C=O) groups is 1. The maximum atomic E-state index is 13.3. The van der Waals surface area contributed by atoms with Crippen LogP contribution in [0.4, 0.5) is 0 Å². The topological polar surface area (TPSA) is 98.7 Å². The predicted molar refractivity (Wildman–Crippen MR) is 124 cm³/mol. The highest BCUT2D eigenvalue weighted by Gasteiger charge is 2.28. The molecule has 7 nitrogen and oxygen atoms in total. The molecule has 0 radical (unpaired) electrons. The fourth-order valence-electron chi connectivity index (χ4n) is 3.93. The van der Waals surface area contributed by atoms with Crippen LogP contribution in [0, 0.1) is 0 Å². The van der Waals surface area contributed by atoms with E-state index in [9.17, 15) is 15.0 Å². The van der Waals surface area contributed by atoms with Crippen LogP contribution in [0.15, 0.2) is 66.7 Å². The third-order valence-corrected chi connectivity index (χ3v) is 5.90. The fourth-order valence-corrected chi connectivity index (χ4v) is 4.10. The van der Waals surface area contributed by atoms with Crippen molar-refractivity contribution < 1.29 is 19.7 Å². The van der Waals surface area contributed by atoms with Gasteiger partial charge in [-0.1, -0.05) is 35.9 Å². The Balaban J connectivity index is 1.40. The number of ether oxygens (including phenoxy) is 1. The van der Waals surface area contributed by atoms with Gasteiger partial charge in [-0.2, -0.15) is 5.10 Å². The van der Waals surface area contributed by atoms with Crippen LogP contribution < -0.4 is 4.74 Å². The van der Waals surface area contributed by atoms with E-state index in [1.807, 2.05) is 36.4 Å². The predicted octanol–water partition coefficient (Wildman–Crippen LogP) is 5.13. The summed E-state index contributed by atoms with van der Waals surface area (Å²) < 4.78 is 5.86. The molecule has 0 bridgehead atoms. The molecule has 0 fully saturated rings. The van der Waals surface area contributed by atoms with Crippen LogP contribution in [0.2, 0.25) is 5.02 Å². The van der Waals surface area contributed by atoms with Crippen molar-refractivity contribution in [2.75, 3.05) is 6.54 Å². The molecule has 0 saturated carbocycles. The molecule has 0 saturated heterocycles. The average Bonchev–Trinajstić information content (AvgIpc) is 3.25. The number of hydrogen-bond donors (Lipinski definition) is 3. The number of nitrogens with one attached hydrogen (secondary N) is 1. The fraction of sp³-hybridized carbons (Fsp3) is 0.120. The first-order chi connectivity index (χ1) is 16.0. The SMILES string of the molecule is O=C(c1cccc(Oc2ccccc2)c1)N1CCc2[nH]nc(-c3cc(Cl)c(O)cc3O)c2C1. The van der Waals surface area contributed by atoms with Crippen LogP contribution in [0.25, 0.3) is 11.3 Å². The molecule has 1 amide bonds. The molecule has 0 atom stereocenters. The lowest BCUT2D eigenvalue weighted by Crippen LogP contribution is -2.35. The number of phenols is 2. The van der Waals surface area contributed by atoms with Gasteiger partial charge in [-0.05, 0) is 36.4 Å². The summed E-state index contributed by atoms with van der Waals surface area (Å²) in [6, 6.07) is 19.1. The van der Waals surface area contributed by atoms with Crippen LogP contribution in [0.3, 0.4) is 0 Å². The zero-order valence-corrected chi connectivity index (χ0v) is 18.2. The van der Waals surface area contributed by atoms with Gasteiger partial charge in [-0.25, -0.2) is 0 Å². The molecular weight excluding hydrogens is 442 g/mol. The standard InChI is InChI=1S/C25H20ClN3O4/c26-20-12-18(22(30)13-23(20)31)24-19-14-29(10-9-21(19)27-28-24)25(32)15-5-4-8-17(11-15)33-16-6-2-1-3-7-16/h1-8,11-13,30-31H,9-10,14H2,(H,27,28). The van der Waals surface area contributed by atoms with E-state index in [2.05, 4.69) is 10.2 Å². The van der Waals surface area contributed by atoms with E-state index in [0.717, 1.165) is 11.3 Å². The number of phenolic OH excluding ortho intramolecular Hbond substituents is 2. The van der Waals surface area contributed by atoms with Gasteiger partial charge in [0, 0.05) is 48.0 Å². The number of nitrogens with zero attached hydrogens (tertiary/aromatic N) is 2. The Kier molecular flexibility index (Phi) is 5.40. The monoisotopic (exact) mass is 461 g/mol. The summed E-state index contributed by atoms with van der Waals surface area (Å²) in [5, 5.41) is 27.5. The van der Waals surface area contributed by atoms with Crippen LogP contribution in [-0.2, 0) is 13.0 Å². The molecule has 0 unspecified atom stereocenters. The normalized spacial score (nSPS) is 12.9. The summed E-state index contributed by atoms with van der Waals surface area (Å²) in [4.78, 5) is 15.0. The van der Waals surface area contributed by atoms with Gasteiger partial charge in [0.2, 0.25) is 0 Å². The van der Waals surface area contributed by atoms with E-state index in [-0.39, 0.29) is 22.4 Å². The maximum absolute atomic E-state index is 13.3. The second-order valence-corrected chi connectivity index (χ2v) is 8.18. The van der Waals surface area contributed by atoms with Crippen molar-refractivity contribution in [3.63, 3.8) is 0 Å². The quantitative estimate of drug-likeness (QED) is 0.391. The number of halogens is 1. The molecule has 0 aliphatic carbocycles. The van der Waals surface area contributed by atoms with Crippen molar-refractivity contribution in [3.8, 4) is 34.3 Å². The molecule has 33 heavy (non-hydrogen) atoms. The molecular formula is C25H20ClN3O4. The Labute approximate surface area is 194 Å². The summed E-state index contributed by atoms with van der Waals surface area (Å²) in [6.07, 6.45) is 0.598. The highest BCUT2D eigenvalue weighted by molar-refractivity contribution is 6.32. The van der Waals surface area contributed by atoms with Gasteiger partial charge >= 0.3 is 0 Å². The van der Waals surface area contributed by atoms with Gasteiger partial charge in [-0.15, -0.1) is 0 Å².